The van der Waals surface area contributed by atoms with Gasteiger partial charge in [0, 0.05) is 29.3 Å². The van der Waals surface area contributed by atoms with Crippen molar-refractivity contribution in [3.63, 3.8) is 0 Å². The molecule has 0 amide bonds. The zero-order valence-electron chi connectivity index (χ0n) is 10.8. The molecular formula is C15H14BrClN2O. The highest BCUT2D eigenvalue weighted by molar-refractivity contribution is 9.10. The number of benzene rings is 1. The van der Waals surface area contributed by atoms with E-state index >= 15 is 0 Å². The number of hydrogen-bond donors (Lipinski definition) is 1. The summed E-state index contributed by atoms with van der Waals surface area (Å²) in [4.78, 5) is 4.21. The summed E-state index contributed by atoms with van der Waals surface area (Å²) in [6.45, 7) is 0.751. The van der Waals surface area contributed by atoms with Crippen LogP contribution in [-0.4, -0.2) is 11.0 Å². The van der Waals surface area contributed by atoms with Gasteiger partial charge in [-0.25, -0.2) is 4.98 Å². The van der Waals surface area contributed by atoms with Crippen LogP contribution >= 0.6 is 27.5 Å². The molecule has 5 heteroatoms. The van der Waals surface area contributed by atoms with Gasteiger partial charge in [-0.3, -0.25) is 0 Å². The van der Waals surface area contributed by atoms with E-state index in [1.165, 1.54) is 12.8 Å². The van der Waals surface area contributed by atoms with Crippen LogP contribution in [0.1, 0.15) is 18.4 Å². The smallest absolute Gasteiger partial charge is 0.219 e. The van der Waals surface area contributed by atoms with Crippen LogP contribution in [0, 0.1) is 0 Å². The van der Waals surface area contributed by atoms with Crippen molar-refractivity contribution in [1.29, 1.82) is 0 Å². The summed E-state index contributed by atoms with van der Waals surface area (Å²) >= 11 is 9.58. The summed E-state index contributed by atoms with van der Waals surface area (Å²) in [5.41, 5.74) is 1.01. The number of pyridine rings is 1. The van der Waals surface area contributed by atoms with Crippen LogP contribution in [0.15, 0.2) is 41.0 Å². The molecule has 2 aromatic rings. The van der Waals surface area contributed by atoms with Crippen LogP contribution in [0.4, 0.5) is 0 Å². The number of hydrogen-bond acceptors (Lipinski definition) is 3. The quantitative estimate of drug-likeness (QED) is 0.857. The van der Waals surface area contributed by atoms with Crippen LogP contribution < -0.4 is 10.1 Å². The number of halogens is 2. The SMILES string of the molecule is Clc1cnc(Oc2cccc(Br)c2)cc1CNC1CC1. The summed E-state index contributed by atoms with van der Waals surface area (Å²) in [5.74, 6) is 1.30. The standard InChI is InChI=1S/C15H14BrClN2O/c16-11-2-1-3-13(7-11)20-15-6-10(14(17)9-19-15)8-18-12-4-5-12/h1-3,6-7,9,12,18H,4-5,8H2. The van der Waals surface area contributed by atoms with E-state index in [1.807, 2.05) is 30.3 Å². The Morgan fingerprint density at radius 3 is 2.95 bits per heavy atom. The minimum Gasteiger partial charge on any atom is -0.439 e. The highest BCUT2D eigenvalue weighted by Gasteiger charge is 2.20. The van der Waals surface area contributed by atoms with Crippen LogP contribution in [0.25, 0.3) is 0 Å². The minimum absolute atomic E-state index is 0.556. The fourth-order valence-electron chi connectivity index (χ4n) is 1.84. The number of rotatable bonds is 5. The zero-order chi connectivity index (χ0) is 13.9. The molecule has 3 nitrogen and oxygen atoms in total. The lowest BCUT2D eigenvalue weighted by atomic mass is 10.2. The molecule has 1 N–H and O–H groups in total. The molecule has 1 aromatic heterocycles. The van der Waals surface area contributed by atoms with Crippen molar-refractivity contribution < 1.29 is 4.74 Å². The first-order chi connectivity index (χ1) is 9.70. The average molecular weight is 354 g/mol. The van der Waals surface area contributed by atoms with Crippen LogP contribution in [0.2, 0.25) is 5.02 Å². The lowest BCUT2D eigenvalue weighted by Gasteiger charge is -2.09. The van der Waals surface area contributed by atoms with Crippen molar-refractivity contribution in [2.45, 2.75) is 25.4 Å². The van der Waals surface area contributed by atoms with Gasteiger partial charge in [0.1, 0.15) is 5.75 Å². The predicted molar refractivity (Wildman–Crippen MR) is 83.3 cm³/mol. The van der Waals surface area contributed by atoms with Gasteiger partial charge in [-0.2, -0.15) is 0 Å². The molecule has 1 aliphatic carbocycles. The average Bonchev–Trinajstić information content (AvgIpc) is 3.23. The Hall–Kier alpha value is -1.10. The fourth-order valence-corrected chi connectivity index (χ4v) is 2.39. The van der Waals surface area contributed by atoms with Crippen molar-refractivity contribution in [1.82, 2.24) is 10.3 Å². The van der Waals surface area contributed by atoms with E-state index in [1.54, 1.807) is 6.20 Å². The molecule has 0 unspecified atom stereocenters. The van der Waals surface area contributed by atoms with E-state index in [9.17, 15) is 0 Å². The molecule has 0 aliphatic heterocycles. The van der Waals surface area contributed by atoms with Gasteiger partial charge < -0.3 is 10.1 Å². The first-order valence-corrected chi connectivity index (χ1v) is 7.69. The van der Waals surface area contributed by atoms with E-state index in [-0.39, 0.29) is 0 Å². The zero-order valence-corrected chi connectivity index (χ0v) is 13.1. The Morgan fingerprint density at radius 2 is 2.20 bits per heavy atom. The highest BCUT2D eigenvalue weighted by atomic mass is 79.9. The summed E-state index contributed by atoms with van der Waals surface area (Å²) in [7, 11) is 0. The van der Waals surface area contributed by atoms with Gasteiger partial charge in [0.25, 0.3) is 0 Å². The largest absolute Gasteiger partial charge is 0.439 e. The van der Waals surface area contributed by atoms with Crippen molar-refractivity contribution in [3.8, 4) is 11.6 Å². The van der Waals surface area contributed by atoms with E-state index in [0.29, 0.717) is 16.9 Å². The third-order valence-electron chi connectivity index (χ3n) is 3.09. The molecule has 0 bridgehead atoms. The maximum Gasteiger partial charge on any atom is 0.219 e. The van der Waals surface area contributed by atoms with Crippen LogP contribution in [-0.2, 0) is 6.54 Å². The Labute approximate surface area is 131 Å². The molecule has 1 aliphatic rings. The van der Waals surface area contributed by atoms with Crippen molar-refractivity contribution >= 4 is 27.5 Å². The maximum absolute atomic E-state index is 6.16. The minimum atomic E-state index is 0.556. The molecule has 1 fully saturated rings. The second kappa shape index (κ2) is 6.12. The fraction of sp³-hybridized carbons (Fsp3) is 0.267. The van der Waals surface area contributed by atoms with Crippen LogP contribution in [0.3, 0.4) is 0 Å². The molecule has 3 rings (SSSR count). The number of ether oxygens (including phenoxy) is 1. The molecule has 0 saturated heterocycles. The lowest BCUT2D eigenvalue weighted by molar-refractivity contribution is 0.461. The molecule has 0 spiro atoms. The Balaban J connectivity index is 1.73. The third kappa shape index (κ3) is 3.72. The van der Waals surface area contributed by atoms with E-state index in [2.05, 4.69) is 26.2 Å². The van der Waals surface area contributed by atoms with Crippen molar-refractivity contribution in [3.05, 3.63) is 51.6 Å². The normalized spacial score (nSPS) is 14.3. The summed E-state index contributed by atoms with van der Waals surface area (Å²) in [5, 5.41) is 4.11. The molecule has 0 radical (unpaired) electrons. The number of nitrogens with one attached hydrogen (secondary N) is 1. The van der Waals surface area contributed by atoms with Crippen molar-refractivity contribution in [2.24, 2.45) is 0 Å². The molecule has 1 heterocycles. The summed E-state index contributed by atoms with van der Waals surface area (Å²) in [6.07, 6.45) is 4.15. The van der Waals surface area contributed by atoms with Gasteiger partial charge >= 0.3 is 0 Å². The van der Waals surface area contributed by atoms with Gasteiger partial charge in [0.05, 0.1) is 5.02 Å². The molecule has 20 heavy (non-hydrogen) atoms. The first-order valence-electron chi connectivity index (χ1n) is 6.52. The van der Waals surface area contributed by atoms with Gasteiger partial charge in [-0.05, 0) is 36.6 Å². The van der Waals surface area contributed by atoms with Crippen LogP contribution in [0.5, 0.6) is 11.6 Å². The van der Waals surface area contributed by atoms with Crippen molar-refractivity contribution in [2.75, 3.05) is 0 Å². The summed E-state index contributed by atoms with van der Waals surface area (Å²) in [6, 6.07) is 10.2. The van der Waals surface area contributed by atoms with Gasteiger partial charge in [0.15, 0.2) is 0 Å². The van der Waals surface area contributed by atoms with E-state index in [0.717, 1.165) is 22.3 Å². The maximum atomic E-state index is 6.16. The topological polar surface area (TPSA) is 34.1 Å². The second-order valence-electron chi connectivity index (χ2n) is 4.83. The molecule has 104 valence electrons. The number of aromatic nitrogens is 1. The molecule has 1 saturated carbocycles. The Morgan fingerprint density at radius 1 is 1.35 bits per heavy atom. The molecule has 0 atom stereocenters. The lowest BCUT2D eigenvalue weighted by Crippen LogP contribution is -2.15. The second-order valence-corrected chi connectivity index (χ2v) is 6.15. The highest BCUT2D eigenvalue weighted by Crippen LogP contribution is 2.26. The molecular weight excluding hydrogens is 340 g/mol. The monoisotopic (exact) mass is 352 g/mol. The third-order valence-corrected chi connectivity index (χ3v) is 3.92. The predicted octanol–water partition coefficient (Wildman–Crippen LogP) is 4.54. The Bertz CT molecular complexity index is 617. The van der Waals surface area contributed by atoms with Gasteiger partial charge in [0.2, 0.25) is 5.88 Å². The Kier molecular flexibility index (Phi) is 4.24. The first kappa shape index (κ1) is 13.9. The molecule has 1 aromatic carbocycles. The number of nitrogens with zero attached hydrogens (tertiary/aromatic N) is 1. The van der Waals surface area contributed by atoms with Gasteiger partial charge in [-0.1, -0.05) is 33.6 Å². The van der Waals surface area contributed by atoms with E-state index < -0.39 is 0 Å². The van der Waals surface area contributed by atoms with E-state index in [4.69, 9.17) is 16.3 Å². The summed E-state index contributed by atoms with van der Waals surface area (Å²) < 4.78 is 6.72. The van der Waals surface area contributed by atoms with Gasteiger partial charge in [-0.15, -0.1) is 0 Å².